The van der Waals surface area contributed by atoms with E-state index in [-0.39, 0.29) is 18.1 Å². The molecule has 2 fully saturated rings. The van der Waals surface area contributed by atoms with Gasteiger partial charge in [0.1, 0.15) is 42.2 Å². The number of nitrogens with two attached hydrogens (primary N) is 2. The zero-order chi connectivity index (χ0) is 28.9. The standard InChI is InChI=1S/C19H24N10O8P2S2/c20-16-14-18(24-5-22-16)28(7-26-14)11-1-2-13(35-11)37-39(32,41)36-9-3-12(34-10(9)4-33-38(30,31)40)29-8-27-15-17(21)23-6-25-19(15)29/h5-13H,1-4H2,(H,32,41)(H2,20,22,24)(H2,21,23,25)(H2,30,31,40)/t9-,10+,11+,12+,13+,39?/m0/s1. The summed E-state index contributed by atoms with van der Waals surface area (Å²) in [5, 5.41) is 0. The predicted molar refractivity (Wildman–Crippen MR) is 148 cm³/mol. The molecular weight excluding hydrogens is 622 g/mol. The maximum atomic E-state index is 11.7. The van der Waals surface area contributed by atoms with Crippen LogP contribution in [0.15, 0.2) is 25.3 Å². The topological polar surface area (TPSA) is 243 Å². The number of imidazole rings is 2. The van der Waals surface area contributed by atoms with Crippen LogP contribution in [0.3, 0.4) is 0 Å². The molecular formula is C19H24N10O8P2S2. The zero-order valence-corrected chi connectivity index (χ0v) is 24.4. The number of nitrogens with zero attached hydrogens (tertiary/aromatic N) is 8. The molecule has 0 saturated carbocycles. The van der Waals surface area contributed by atoms with Gasteiger partial charge >= 0.3 is 13.5 Å². The first kappa shape index (κ1) is 28.8. The van der Waals surface area contributed by atoms with Gasteiger partial charge in [-0.05, 0) is 18.2 Å². The van der Waals surface area contributed by atoms with Crippen LogP contribution in [-0.2, 0) is 39.4 Å². The van der Waals surface area contributed by atoms with Gasteiger partial charge in [0.25, 0.3) is 0 Å². The van der Waals surface area contributed by atoms with Crippen molar-refractivity contribution < 1.29 is 37.4 Å². The Morgan fingerprint density at radius 3 is 2.17 bits per heavy atom. The molecule has 6 N–H and O–H groups in total. The number of anilines is 2. The van der Waals surface area contributed by atoms with E-state index in [1.807, 2.05) is 0 Å². The molecule has 2 saturated heterocycles. The second kappa shape index (κ2) is 11.1. The molecule has 0 aromatic carbocycles. The van der Waals surface area contributed by atoms with Crippen LogP contribution in [0, 0.1) is 0 Å². The lowest BCUT2D eigenvalue weighted by Crippen LogP contribution is -2.28. The van der Waals surface area contributed by atoms with Crippen LogP contribution in [0.2, 0.25) is 0 Å². The Bertz CT molecular complexity index is 1690. The van der Waals surface area contributed by atoms with Crippen molar-refractivity contribution in [1.29, 1.82) is 0 Å². The molecule has 0 radical (unpaired) electrons. The summed E-state index contributed by atoms with van der Waals surface area (Å²) >= 11 is 8.85. The van der Waals surface area contributed by atoms with Gasteiger partial charge in [0, 0.05) is 12.8 Å². The summed E-state index contributed by atoms with van der Waals surface area (Å²) in [6.45, 7) is -8.47. The van der Waals surface area contributed by atoms with Crippen molar-refractivity contribution >= 4 is 71.5 Å². The molecule has 7 atom stereocenters. The lowest BCUT2D eigenvalue weighted by atomic mass is 10.2. The minimum Gasteiger partial charge on any atom is -0.382 e. The van der Waals surface area contributed by atoms with Crippen LogP contribution in [0.5, 0.6) is 0 Å². The molecule has 220 valence electrons. The molecule has 4 aromatic heterocycles. The summed E-state index contributed by atoms with van der Waals surface area (Å²) in [6, 6.07) is 0. The molecule has 2 aliphatic heterocycles. The summed E-state index contributed by atoms with van der Waals surface area (Å²) < 4.78 is 43.5. The quantitative estimate of drug-likeness (QED) is 0.127. The van der Waals surface area contributed by atoms with E-state index in [9.17, 15) is 14.4 Å². The van der Waals surface area contributed by atoms with E-state index in [0.29, 0.717) is 35.2 Å². The van der Waals surface area contributed by atoms with Gasteiger partial charge < -0.3 is 35.3 Å². The van der Waals surface area contributed by atoms with Crippen molar-refractivity contribution in [3.8, 4) is 0 Å². The summed E-state index contributed by atoms with van der Waals surface area (Å²) in [5.41, 5.74) is 13.4. The van der Waals surface area contributed by atoms with E-state index in [4.69, 9.17) is 46.3 Å². The van der Waals surface area contributed by atoms with Crippen LogP contribution < -0.4 is 11.5 Å². The van der Waals surface area contributed by atoms with Gasteiger partial charge in [-0.15, -0.1) is 0 Å². The van der Waals surface area contributed by atoms with Crippen LogP contribution in [-0.4, -0.2) is 73.9 Å². The Balaban J connectivity index is 1.15. The van der Waals surface area contributed by atoms with Gasteiger partial charge in [-0.3, -0.25) is 18.2 Å². The Labute approximate surface area is 241 Å². The molecule has 2 aliphatic rings. The minimum atomic E-state index is -4.15. The number of fused-ring (bicyclic) bond motifs is 2. The normalized spacial score (nSPS) is 27.8. The molecule has 4 aromatic rings. The van der Waals surface area contributed by atoms with Crippen molar-refractivity contribution in [3.05, 3.63) is 25.3 Å². The van der Waals surface area contributed by atoms with Crippen LogP contribution in [0.4, 0.5) is 11.6 Å². The SMILES string of the molecule is Nc1ncnc2c1ncn2[C@H]1CC[C@@H](OP(O)(=S)O[C@H]2C[C@H](n3cnc4c(N)ncnc43)O[C@@H]2COP(=O)(O)S)O1. The van der Waals surface area contributed by atoms with Crippen molar-refractivity contribution in [1.82, 2.24) is 39.0 Å². The summed E-state index contributed by atoms with van der Waals surface area (Å²) in [4.78, 5) is 45.3. The van der Waals surface area contributed by atoms with Crippen LogP contribution >= 0.6 is 25.8 Å². The van der Waals surface area contributed by atoms with Gasteiger partial charge in [-0.2, -0.15) is 0 Å². The highest BCUT2D eigenvalue weighted by molar-refractivity contribution is 8.44. The fourth-order valence-electron chi connectivity index (χ4n) is 4.68. The number of thiol groups is 1. The zero-order valence-electron chi connectivity index (χ0n) is 20.9. The fourth-order valence-corrected chi connectivity index (χ4v) is 6.91. The highest BCUT2D eigenvalue weighted by Gasteiger charge is 2.43. The third kappa shape index (κ3) is 6.09. The van der Waals surface area contributed by atoms with E-state index in [1.54, 1.807) is 9.13 Å². The second-order valence-corrected chi connectivity index (χ2v) is 14.6. The predicted octanol–water partition coefficient (Wildman–Crippen LogP) is 1.42. The summed E-state index contributed by atoms with van der Waals surface area (Å²) in [5.74, 6) is 0.425. The first-order chi connectivity index (χ1) is 19.5. The molecule has 22 heteroatoms. The Morgan fingerprint density at radius 2 is 1.56 bits per heavy atom. The molecule has 0 aliphatic carbocycles. The molecule has 18 nitrogen and oxygen atoms in total. The smallest absolute Gasteiger partial charge is 0.382 e. The van der Waals surface area contributed by atoms with Crippen molar-refractivity contribution in [2.45, 2.75) is 50.2 Å². The molecule has 0 bridgehead atoms. The minimum absolute atomic E-state index is 0.129. The number of rotatable bonds is 9. The molecule has 6 heterocycles. The second-order valence-electron chi connectivity index (χ2n) is 9.13. The van der Waals surface area contributed by atoms with Crippen molar-refractivity contribution in [2.75, 3.05) is 18.1 Å². The fraction of sp³-hybridized carbons (Fsp3) is 0.474. The van der Waals surface area contributed by atoms with Crippen molar-refractivity contribution in [3.63, 3.8) is 0 Å². The van der Waals surface area contributed by atoms with Gasteiger partial charge in [0.15, 0.2) is 29.2 Å². The largest absolute Gasteiger partial charge is 0.383 e. The van der Waals surface area contributed by atoms with E-state index in [2.05, 4.69) is 42.2 Å². The lowest BCUT2D eigenvalue weighted by Gasteiger charge is -2.25. The van der Waals surface area contributed by atoms with Crippen molar-refractivity contribution in [2.24, 2.45) is 0 Å². The van der Waals surface area contributed by atoms with Gasteiger partial charge in [-0.1, -0.05) is 12.2 Å². The van der Waals surface area contributed by atoms with Crippen LogP contribution in [0.1, 0.15) is 31.7 Å². The molecule has 0 spiro atoms. The first-order valence-corrected chi connectivity index (χ1v) is 17.4. The van der Waals surface area contributed by atoms with E-state index in [1.165, 1.54) is 25.3 Å². The maximum Gasteiger partial charge on any atom is 0.383 e. The van der Waals surface area contributed by atoms with Gasteiger partial charge in [0.2, 0.25) is 0 Å². The van der Waals surface area contributed by atoms with Crippen LogP contribution in [0.25, 0.3) is 22.3 Å². The summed E-state index contributed by atoms with van der Waals surface area (Å²) in [6.07, 6.45) is 2.65. The molecule has 2 unspecified atom stereocenters. The third-order valence-electron chi connectivity index (χ3n) is 6.46. The lowest BCUT2D eigenvalue weighted by molar-refractivity contribution is -0.106. The molecule has 0 amide bonds. The van der Waals surface area contributed by atoms with Gasteiger partial charge in [0.05, 0.1) is 25.4 Å². The Morgan fingerprint density at radius 1 is 0.951 bits per heavy atom. The highest BCUT2D eigenvalue weighted by atomic mass is 32.7. The molecule has 41 heavy (non-hydrogen) atoms. The number of nitrogen functional groups attached to an aromatic ring is 2. The average molecular weight is 647 g/mol. The summed E-state index contributed by atoms with van der Waals surface area (Å²) in [7, 11) is 0. The monoisotopic (exact) mass is 646 g/mol. The number of ether oxygens (including phenoxy) is 2. The van der Waals surface area contributed by atoms with E-state index in [0.717, 1.165) is 0 Å². The third-order valence-corrected chi connectivity index (χ3v) is 8.85. The average Bonchev–Trinajstić information content (AvgIpc) is 3.68. The Hall–Kier alpha value is -2.35. The maximum absolute atomic E-state index is 11.7. The molecule has 6 rings (SSSR count). The number of aromatic nitrogens is 8. The number of hydrogen-bond acceptors (Lipinski definition) is 15. The number of hydrogen-bond donors (Lipinski definition) is 5. The Kier molecular flexibility index (Phi) is 7.75. The highest BCUT2D eigenvalue weighted by Crippen LogP contribution is 2.53. The van der Waals surface area contributed by atoms with Gasteiger partial charge in [-0.25, -0.2) is 34.5 Å². The van der Waals surface area contributed by atoms with E-state index < -0.39 is 51.1 Å². The first-order valence-electron chi connectivity index (χ1n) is 12.0. The van der Waals surface area contributed by atoms with E-state index >= 15 is 0 Å².